The summed E-state index contributed by atoms with van der Waals surface area (Å²) in [6.07, 6.45) is 0.407. The first kappa shape index (κ1) is 15.1. The molecule has 0 radical (unpaired) electrons. The first-order valence-corrected chi connectivity index (χ1v) is 7.97. The Hall–Kier alpha value is -1.32. The van der Waals surface area contributed by atoms with E-state index in [1.54, 1.807) is 0 Å². The van der Waals surface area contributed by atoms with Gasteiger partial charge in [0.25, 0.3) is 5.91 Å². The predicted octanol–water partition coefficient (Wildman–Crippen LogP) is 3.13. The van der Waals surface area contributed by atoms with Gasteiger partial charge in [-0.15, -0.1) is 22.7 Å². The van der Waals surface area contributed by atoms with E-state index in [0.29, 0.717) is 27.7 Å². The highest BCUT2D eigenvalue weighted by molar-refractivity contribution is 7.16. The Balaban J connectivity index is 1.99. The minimum atomic E-state index is -0.141. The van der Waals surface area contributed by atoms with Crippen LogP contribution in [-0.2, 0) is 6.54 Å². The zero-order chi connectivity index (χ0) is 14.4. The first-order valence-electron chi connectivity index (χ1n) is 5.90. The number of aliphatic hydroxyl groups is 1. The molecule has 1 amide bonds. The molecule has 0 saturated heterocycles. The maximum atomic E-state index is 12.1. The van der Waals surface area contributed by atoms with Crippen molar-refractivity contribution in [2.75, 3.05) is 6.61 Å². The molecule has 2 heterocycles. The Morgan fingerprint density at radius 1 is 1.40 bits per heavy atom. The van der Waals surface area contributed by atoms with Crippen molar-refractivity contribution in [3.8, 4) is 11.8 Å². The van der Waals surface area contributed by atoms with E-state index in [2.05, 4.69) is 17.2 Å². The molecular weight excluding hydrogens is 314 g/mol. The summed E-state index contributed by atoms with van der Waals surface area (Å²) in [7, 11) is 0. The molecule has 0 saturated carbocycles. The Labute approximate surface area is 130 Å². The fourth-order valence-corrected chi connectivity index (χ4v) is 3.28. The van der Waals surface area contributed by atoms with Gasteiger partial charge in [-0.25, -0.2) is 0 Å². The van der Waals surface area contributed by atoms with Crippen molar-refractivity contribution >= 4 is 40.2 Å². The van der Waals surface area contributed by atoms with Gasteiger partial charge in [0.05, 0.1) is 17.5 Å². The molecule has 3 nitrogen and oxygen atoms in total. The van der Waals surface area contributed by atoms with E-state index >= 15 is 0 Å². The van der Waals surface area contributed by atoms with Gasteiger partial charge in [-0.2, -0.15) is 0 Å². The van der Waals surface area contributed by atoms with E-state index in [-0.39, 0.29) is 12.5 Å². The molecule has 0 fully saturated rings. The lowest BCUT2D eigenvalue weighted by Gasteiger charge is -2.02. The van der Waals surface area contributed by atoms with Gasteiger partial charge in [0.1, 0.15) is 4.88 Å². The first-order chi connectivity index (χ1) is 9.70. The highest BCUT2D eigenvalue weighted by Crippen LogP contribution is 2.21. The van der Waals surface area contributed by atoms with Crippen LogP contribution in [-0.4, -0.2) is 17.6 Å². The summed E-state index contributed by atoms with van der Waals surface area (Å²) >= 11 is 8.64. The molecule has 2 N–H and O–H groups in total. The number of nitrogens with one attached hydrogen (secondary N) is 1. The third-order valence-electron chi connectivity index (χ3n) is 2.38. The number of hydrogen-bond donors (Lipinski definition) is 2. The molecule has 0 bridgehead atoms. The third-order valence-corrected chi connectivity index (χ3v) is 4.53. The molecule has 0 unspecified atom stereocenters. The van der Waals surface area contributed by atoms with Crippen molar-refractivity contribution in [3.63, 3.8) is 0 Å². The monoisotopic (exact) mass is 325 g/mol. The smallest absolute Gasteiger partial charge is 0.262 e. The molecule has 6 heteroatoms. The van der Waals surface area contributed by atoms with Crippen LogP contribution in [0, 0.1) is 11.8 Å². The normalized spacial score (nSPS) is 9.90. The second-order valence-electron chi connectivity index (χ2n) is 3.83. The molecule has 0 aliphatic heterocycles. The van der Waals surface area contributed by atoms with Crippen LogP contribution in [0.2, 0.25) is 4.34 Å². The molecule has 104 valence electrons. The van der Waals surface area contributed by atoms with Gasteiger partial charge in [-0.05, 0) is 23.6 Å². The molecule has 0 aliphatic carbocycles. The lowest BCUT2D eigenvalue weighted by molar-refractivity contribution is 0.0955. The number of thiophene rings is 2. The van der Waals surface area contributed by atoms with Gasteiger partial charge >= 0.3 is 0 Å². The molecule has 0 atom stereocenters. The molecular formula is C14H12ClNO2S2. The molecule has 2 aromatic rings. The van der Waals surface area contributed by atoms with E-state index in [1.807, 2.05) is 23.6 Å². The summed E-state index contributed by atoms with van der Waals surface area (Å²) < 4.78 is 0.709. The summed E-state index contributed by atoms with van der Waals surface area (Å²) in [6, 6.07) is 5.51. The van der Waals surface area contributed by atoms with Crippen LogP contribution >= 0.6 is 34.3 Å². The van der Waals surface area contributed by atoms with Crippen molar-refractivity contribution in [2.45, 2.75) is 13.0 Å². The van der Waals surface area contributed by atoms with Gasteiger partial charge in [0.15, 0.2) is 0 Å². The van der Waals surface area contributed by atoms with Gasteiger partial charge in [0, 0.05) is 16.9 Å². The fraction of sp³-hybridized carbons (Fsp3) is 0.214. The maximum Gasteiger partial charge on any atom is 0.262 e. The predicted molar refractivity (Wildman–Crippen MR) is 83.4 cm³/mol. The zero-order valence-electron chi connectivity index (χ0n) is 10.5. The number of aliphatic hydroxyl groups excluding tert-OH is 1. The van der Waals surface area contributed by atoms with Crippen molar-refractivity contribution in [1.29, 1.82) is 0 Å². The van der Waals surface area contributed by atoms with Crippen molar-refractivity contribution in [2.24, 2.45) is 0 Å². The lowest BCUT2D eigenvalue weighted by atomic mass is 10.2. The number of carbonyl (C=O) groups is 1. The van der Waals surface area contributed by atoms with E-state index in [0.717, 1.165) is 4.88 Å². The van der Waals surface area contributed by atoms with Crippen LogP contribution in [0.4, 0.5) is 0 Å². The van der Waals surface area contributed by atoms with E-state index in [4.69, 9.17) is 16.7 Å². The summed E-state index contributed by atoms with van der Waals surface area (Å²) in [5.74, 6) is 5.58. The molecule has 0 aliphatic rings. The molecule has 0 spiro atoms. The molecule has 2 rings (SSSR count). The number of carbonyl (C=O) groups excluding carboxylic acids is 1. The van der Waals surface area contributed by atoms with Crippen LogP contribution in [0.3, 0.4) is 0 Å². The Morgan fingerprint density at radius 2 is 2.25 bits per heavy atom. The summed E-state index contributed by atoms with van der Waals surface area (Å²) in [6.45, 7) is 0.482. The van der Waals surface area contributed by atoms with Crippen LogP contribution in [0.5, 0.6) is 0 Å². The summed E-state index contributed by atoms with van der Waals surface area (Å²) in [5, 5.41) is 13.4. The second-order valence-corrected chi connectivity index (χ2v) is 6.54. The van der Waals surface area contributed by atoms with Gasteiger partial charge in [-0.1, -0.05) is 23.4 Å². The average Bonchev–Trinajstić information content (AvgIpc) is 3.05. The highest BCUT2D eigenvalue weighted by atomic mass is 35.5. The molecule has 0 aromatic carbocycles. The van der Waals surface area contributed by atoms with Crippen LogP contribution in [0.1, 0.15) is 26.5 Å². The third kappa shape index (κ3) is 4.09. The molecule has 20 heavy (non-hydrogen) atoms. The zero-order valence-corrected chi connectivity index (χ0v) is 12.9. The van der Waals surface area contributed by atoms with Gasteiger partial charge < -0.3 is 10.4 Å². The Morgan fingerprint density at radius 3 is 2.95 bits per heavy atom. The summed E-state index contributed by atoms with van der Waals surface area (Å²) in [4.78, 5) is 13.7. The second kappa shape index (κ2) is 7.46. The standard InChI is InChI=1S/C14H12ClNO2S2/c15-12-5-4-11(20-12)9-16-14(18)13-10(6-8-19-13)3-1-2-7-17/h4-6,8,17H,2,7,9H2,(H,16,18). The maximum absolute atomic E-state index is 12.1. The molecule has 2 aromatic heterocycles. The lowest BCUT2D eigenvalue weighted by Crippen LogP contribution is -2.22. The number of rotatable bonds is 4. The van der Waals surface area contributed by atoms with Crippen LogP contribution in [0.15, 0.2) is 23.6 Å². The highest BCUT2D eigenvalue weighted by Gasteiger charge is 2.11. The topological polar surface area (TPSA) is 49.3 Å². The largest absolute Gasteiger partial charge is 0.395 e. The average molecular weight is 326 g/mol. The van der Waals surface area contributed by atoms with E-state index < -0.39 is 0 Å². The number of hydrogen-bond acceptors (Lipinski definition) is 4. The summed E-state index contributed by atoms with van der Waals surface area (Å²) in [5.41, 5.74) is 0.699. The van der Waals surface area contributed by atoms with Crippen molar-refractivity contribution in [1.82, 2.24) is 5.32 Å². The Bertz CT molecular complexity index is 651. The number of amides is 1. The van der Waals surface area contributed by atoms with Crippen LogP contribution in [0.25, 0.3) is 0 Å². The quantitative estimate of drug-likeness (QED) is 0.848. The Kier molecular flexibility index (Phi) is 5.62. The van der Waals surface area contributed by atoms with Crippen LogP contribution < -0.4 is 5.32 Å². The van der Waals surface area contributed by atoms with E-state index in [1.165, 1.54) is 22.7 Å². The van der Waals surface area contributed by atoms with Gasteiger partial charge in [-0.3, -0.25) is 4.79 Å². The minimum Gasteiger partial charge on any atom is -0.395 e. The SMILES string of the molecule is O=C(NCc1ccc(Cl)s1)c1sccc1C#CCCO. The van der Waals surface area contributed by atoms with E-state index in [9.17, 15) is 4.79 Å². The number of halogens is 1. The van der Waals surface area contributed by atoms with Crippen molar-refractivity contribution < 1.29 is 9.90 Å². The van der Waals surface area contributed by atoms with Crippen molar-refractivity contribution in [3.05, 3.63) is 43.2 Å². The fourth-order valence-electron chi connectivity index (χ4n) is 1.49. The minimum absolute atomic E-state index is 0.0256. The van der Waals surface area contributed by atoms with Gasteiger partial charge in [0.2, 0.25) is 0 Å².